The first-order chi connectivity index (χ1) is 8.64. The van der Waals surface area contributed by atoms with E-state index in [1.54, 1.807) is 0 Å². The van der Waals surface area contributed by atoms with E-state index >= 15 is 0 Å². The number of aromatic nitrogens is 1. The van der Waals surface area contributed by atoms with E-state index in [1.165, 1.54) is 22.9 Å². The molecule has 1 aromatic heterocycles. The minimum absolute atomic E-state index is 0.276. The lowest BCUT2D eigenvalue weighted by molar-refractivity contribution is 0.442. The molecule has 0 radical (unpaired) electrons. The Hall–Kier alpha value is -1.32. The van der Waals surface area contributed by atoms with E-state index in [0.717, 1.165) is 13.1 Å². The van der Waals surface area contributed by atoms with Gasteiger partial charge in [-0.25, -0.2) is 0 Å². The van der Waals surface area contributed by atoms with Gasteiger partial charge in [0.25, 0.3) is 0 Å². The van der Waals surface area contributed by atoms with Crippen molar-refractivity contribution in [1.29, 1.82) is 0 Å². The average molecular weight is 243 g/mol. The van der Waals surface area contributed by atoms with Crippen molar-refractivity contribution in [3.8, 4) is 0 Å². The zero-order valence-electron chi connectivity index (χ0n) is 11.1. The predicted octanol–water partition coefficient (Wildman–Crippen LogP) is 2.40. The summed E-state index contributed by atoms with van der Waals surface area (Å²) < 4.78 is 0. The number of nitrogens with one attached hydrogen (secondary N) is 3. The Bertz CT molecular complexity index is 541. The Kier molecular flexibility index (Phi) is 2.88. The van der Waals surface area contributed by atoms with Crippen molar-refractivity contribution < 1.29 is 0 Å². The highest BCUT2D eigenvalue weighted by Crippen LogP contribution is 2.20. The van der Waals surface area contributed by atoms with Crippen molar-refractivity contribution in [1.82, 2.24) is 15.6 Å². The van der Waals surface area contributed by atoms with E-state index in [2.05, 4.69) is 59.9 Å². The lowest BCUT2D eigenvalue weighted by atomic mass is 10.0. The Morgan fingerprint density at radius 2 is 2.17 bits per heavy atom. The Morgan fingerprint density at radius 3 is 2.94 bits per heavy atom. The van der Waals surface area contributed by atoms with Crippen molar-refractivity contribution in [2.24, 2.45) is 0 Å². The van der Waals surface area contributed by atoms with Gasteiger partial charge in [0.15, 0.2) is 0 Å². The van der Waals surface area contributed by atoms with Gasteiger partial charge in [0.05, 0.1) is 0 Å². The summed E-state index contributed by atoms with van der Waals surface area (Å²) in [7, 11) is 0. The fourth-order valence-electron chi connectivity index (χ4n) is 2.84. The van der Waals surface area contributed by atoms with E-state index in [1.807, 2.05) is 0 Å². The molecule has 1 unspecified atom stereocenters. The lowest BCUT2D eigenvalue weighted by Crippen LogP contribution is -2.31. The van der Waals surface area contributed by atoms with Crippen LogP contribution in [-0.4, -0.2) is 23.1 Å². The zero-order chi connectivity index (χ0) is 12.6. The molecule has 1 aliphatic rings. The van der Waals surface area contributed by atoms with Gasteiger partial charge in [-0.05, 0) is 31.9 Å². The summed E-state index contributed by atoms with van der Waals surface area (Å²) in [6.45, 7) is 6.53. The molecule has 0 amide bonds. The minimum Gasteiger partial charge on any atom is -0.361 e. The number of fused-ring (bicyclic) bond motifs is 1. The molecule has 96 valence electrons. The Balaban J connectivity index is 1.67. The van der Waals surface area contributed by atoms with Gasteiger partial charge in [-0.3, -0.25) is 0 Å². The molecule has 18 heavy (non-hydrogen) atoms. The molecule has 2 aromatic rings. The van der Waals surface area contributed by atoms with Gasteiger partial charge in [0.2, 0.25) is 0 Å². The summed E-state index contributed by atoms with van der Waals surface area (Å²) in [5.74, 6) is 0. The second-order valence-electron chi connectivity index (χ2n) is 5.91. The molecule has 3 rings (SSSR count). The molecular formula is C15H21N3. The summed E-state index contributed by atoms with van der Waals surface area (Å²) >= 11 is 0. The molecule has 0 spiro atoms. The second-order valence-corrected chi connectivity index (χ2v) is 5.91. The fourth-order valence-corrected chi connectivity index (χ4v) is 2.84. The van der Waals surface area contributed by atoms with Crippen LogP contribution in [0.2, 0.25) is 0 Å². The zero-order valence-corrected chi connectivity index (χ0v) is 11.1. The summed E-state index contributed by atoms with van der Waals surface area (Å²) in [4.78, 5) is 3.32. The maximum atomic E-state index is 3.65. The van der Waals surface area contributed by atoms with E-state index in [0.29, 0.717) is 6.04 Å². The minimum atomic E-state index is 0.276. The van der Waals surface area contributed by atoms with Crippen molar-refractivity contribution >= 4 is 10.9 Å². The molecule has 3 N–H and O–H groups in total. The van der Waals surface area contributed by atoms with E-state index in [-0.39, 0.29) is 5.54 Å². The summed E-state index contributed by atoms with van der Waals surface area (Å²) in [6, 6.07) is 9.05. The number of hydrogen-bond acceptors (Lipinski definition) is 2. The Morgan fingerprint density at radius 1 is 1.33 bits per heavy atom. The average Bonchev–Trinajstić information content (AvgIpc) is 2.90. The van der Waals surface area contributed by atoms with Gasteiger partial charge < -0.3 is 15.6 Å². The van der Waals surface area contributed by atoms with Crippen LogP contribution in [0.1, 0.15) is 25.8 Å². The third kappa shape index (κ3) is 2.28. The predicted molar refractivity (Wildman–Crippen MR) is 75.6 cm³/mol. The number of para-hydroxylation sites is 1. The molecule has 1 aliphatic heterocycles. The van der Waals surface area contributed by atoms with E-state index < -0.39 is 0 Å². The smallest absolute Gasteiger partial charge is 0.0457 e. The van der Waals surface area contributed by atoms with E-state index in [4.69, 9.17) is 0 Å². The highest BCUT2D eigenvalue weighted by Gasteiger charge is 2.29. The normalized spacial score (nSPS) is 22.7. The number of H-pyrrole nitrogens is 1. The molecule has 0 bridgehead atoms. The summed E-state index contributed by atoms with van der Waals surface area (Å²) in [5, 5.41) is 8.52. The van der Waals surface area contributed by atoms with Gasteiger partial charge in [-0.15, -0.1) is 0 Å². The van der Waals surface area contributed by atoms with Gasteiger partial charge in [0.1, 0.15) is 0 Å². The van der Waals surface area contributed by atoms with Crippen LogP contribution < -0.4 is 10.6 Å². The first-order valence-electron chi connectivity index (χ1n) is 6.67. The van der Waals surface area contributed by atoms with Crippen molar-refractivity contribution in [2.75, 3.05) is 6.54 Å². The monoisotopic (exact) mass is 243 g/mol. The maximum Gasteiger partial charge on any atom is 0.0457 e. The molecule has 1 atom stereocenters. The molecule has 3 heteroatoms. The van der Waals surface area contributed by atoms with Gasteiger partial charge in [0, 0.05) is 41.8 Å². The molecule has 0 aliphatic carbocycles. The molecule has 1 aromatic carbocycles. The van der Waals surface area contributed by atoms with Crippen LogP contribution in [0.15, 0.2) is 30.5 Å². The summed E-state index contributed by atoms with van der Waals surface area (Å²) in [6.07, 6.45) is 3.31. The van der Waals surface area contributed by atoms with Crippen molar-refractivity contribution in [3.05, 3.63) is 36.0 Å². The molecule has 1 fully saturated rings. The highest BCUT2D eigenvalue weighted by atomic mass is 15.1. The third-order valence-electron chi connectivity index (χ3n) is 3.84. The number of hydrogen-bond donors (Lipinski definition) is 3. The quantitative estimate of drug-likeness (QED) is 0.774. The first kappa shape index (κ1) is 11.8. The molecule has 1 saturated heterocycles. The number of rotatable bonds is 3. The number of aromatic amines is 1. The maximum absolute atomic E-state index is 3.65. The molecule has 3 nitrogen and oxygen atoms in total. The first-order valence-corrected chi connectivity index (χ1v) is 6.67. The van der Waals surface area contributed by atoms with Crippen LogP contribution >= 0.6 is 0 Å². The molecule has 0 saturated carbocycles. The highest BCUT2D eigenvalue weighted by molar-refractivity contribution is 5.82. The second kappa shape index (κ2) is 4.41. The van der Waals surface area contributed by atoms with Gasteiger partial charge in [-0.1, -0.05) is 18.2 Å². The van der Waals surface area contributed by atoms with Crippen LogP contribution in [0.4, 0.5) is 0 Å². The largest absolute Gasteiger partial charge is 0.361 e. The van der Waals surface area contributed by atoms with Gasteiger partial charge in [-0.2, -0.15) is 0 Å². The van der Waals surface area contributed by atoms with Crippen LogP contribution in [0.5, 0.6) is 0 Å². The van der Waals surface area contributed by atoms with Crippen molar-refractivity contribution in [2.45, 2.75) is 38.4 Å². The van der Waals surface area contributed by atoms with Crippen LogP contribution in [0, 0.1) is 0 Å². The van der Waals surface area contributed by atoms with Crippen LogP contribution in [0.3, 0.4) is 0 Å². The third-order valence-corrected chi connectivity index (χ3v) is 3.84. The summed E-state index contributed by atoms with van der Waals surface area (Å²) in [5.41, 5.74) is 2.85. The SMILES string of the molecule is CC1(C)CC(NCc2c[nH]c3ccccc23)CN1. The molecular weight excluding hydrogens is 222 g/mol. The number of benzene rings is 1. The fraction of sp³-hybridized carbons (Fsp3) is 0.467. The van der Waals surface area contributed by atoms with Crippen molar-refractivity contribution in [3.63, 3.8) is 0 Å². The van der Waals surface area contributed by atoms with E-state index in [9.17, 15) is 0 Å². The standard InChI is InChI=1S/C15H21N3/c1-15(2)7-12(10-18-15)16-8-11-9-17-14-6-4-3-5-13(11)14/h3-6,9,12,16-18H,7-8,10H2,1-2H3. The Labute approximate surface area is 108 Å². The van der Waals surface area contributed by atoms with Crippen LogP contribution in [0.25, 0.3) is 10.9 Å². The lowest BCUT2D eigenvalue weighted by Gasteiger charge is -2.17. The molecule has 2 heterocycles. The topological polar surface area (TPSA) is 39.9 Å². The van der Waals surface area contributed by atoms with Crippen LogP contribution in [-0.2, 0) is 6.54 Å². The van der Waals surface area contributed by atoms with Gasteiger partial charge >= 0.3 is 0 Å².